The molecule has 0 radical (unpaired) electrons. The van der Waals surface area contributed by atoms with Crippen molar-refractivity contribution in [2.75, 3.05) is 13.6 Å². The first-order valence-electron chi connectivity index (χ1n) is 6.52. The van der Waals surface area contributed by atoms with Gasteiger partial charge in [0.25, 0.3) is 0 Å². The average molecular weight is 273 g/mol. The molecule has 4 heteroatoms. The molecule has 0 heterocycles. The van der Waals surface area contributed by atoms with Crippen molar-refractivity contribution in [1.82, 2.24) is 5.32 Å². The molecule has 0 bridgehead atoms. The molecular formula is C16H19NO3. The lowest BCUT2D eigenvalue weighted by Gasteiger charge is -2.18. The molecule has 0 saturated heterocycles. The molecule has 2 aromatic carbocycles. The third-order valence-corrected chi connectivity index (χ3v) is 3.23. The number of hydrogen-bond acceptors (Lipinski definition) is 4. The lowest BCUT2D eigenvalue weighted by Crippen LogP contribution is -2.29. The molecule has 4 N–H and O–H groups in total. The monoisotopic (exact) mass is 273 g/mol. The molecule has 2 rings (SSSR count). The first kappa shape index (κ1) is 14.5. The summed E-state index contributed by atoms with van der Waals surface area (Å²) in [5.41, 5.74) is 2.65. The Morgan fingerprint density at radius 3 is 1.90 bits per heavy atom. The molecule has 4 nitrogen and oxygen atoms in total. The molecule has 106 valence electrons. The minimum absolute atomic E-state index is 0.232. The number of aliphatic hydroxyl groups excluding tert-OH is 2. The highest BCUT2D eigenvalue weighted by atomic mass is 16.3. The predicted octanol–water partition coefficient (Wildman–Crippen LogP) is 1.67. The minimum Gasteiger partial charge on any atom is -0.508 e. The van der Waals surface area contributed by atoms with E-state index in [2.05, 4.69) is 5.32 Å². The van der Waals surface area contributed by atoms with Gasteiger partial charge >= 0.3 is 0 Å². The maximum absolute atomic E-state index is 9.99. The summed E-state index contributed by atoms with van der Waals surface area (Å²) in [6.07, 6.45) is -1.74. The molecule has 0 spiro atoms. The van der Waals surface area contributed by atoms with Gasteiger partial charge in [-0.05, 0) is 35.9 Å². The van der Waals surface area contributed by atoms with E-state index in [1.807, 2.05) is 24.3 Å². The Labute approximate surface area is 118 Å². The first-order valence-corrected chi connectivity index (χ1v) is 6.52. The Morgan fingerprint density at radius 1 is 0.900 bits per heavy atom. The molecule has 0 aliphatic heterocycles. The predicted molar refractivity (Wildman–Crippen MR) is 78.4 cm³/mol. The smallest absolute Gasteiger partial charge is 0.115 e. The Bertz CT molecular complexity index is 537. The highest BCUT2D eigenvalue weighted by Crippen LogP contribution is 2.24. The third kappa shape index (κ3) is 3.36. The van der Waals surface area contributed by atoms with E-state index in [1.165, 1.54) is 0 Å². The number of aromatic hydroxyl groups is 1. The van der Waals surface area contributed by atoms with E-state index in [9.17, 15) is 15.3 Å². The lowest BCUT2D eigenvalue weighted by atomic mass is 9.99. The van der Waals surface area contributed by atoms with Crippen LogP contribution in [0.15, 0.2) is 48.5 Å². The molecule has 0 amide bonds. The van der Waals surface area contributed by atoms with Gasteiger partial charge in [-0.25, -0.2) is 0 Å². The topological polar surface area (TPSA) is 72.7 Å². The molecule has 20 heavy (non-hydrogen) atoms. The highest BCUT2D eigenvalue weighted by Gasteiger charge is 2.17. The van der Waals surface area contributed by atoms with Gasteiger partial charge in [-0.15, -0.1) is 0 Å². The standard InChI is InChI=1S/C16H19NO3/c1-17-10-15(19)16(20)13-4-2-11(3-5-13)12-6-8-14(18)9-7-12/h2-9,15-20H,10H2,1H3. The Kier molecular flexibility index (Phi) is 4.74. The van der Waals surface area contributed by atoms with Gasteiger partial charge < -0.3 is 20.6 Å². The second-order valence-electron chi connectivity index (χ2n) is 4.74. The number of phenolic OH excluding ortho intramolecular Hbond substituents is 1. The fourth-order valence-electron chi connectivity index (χ4n) is 2.07. The molecule has 0 aromatic heterocycles. The summed E-state index contributed by atoms with van der Waals surface area (Å²) in [6, 6.07) is 14.3. The highest BCUT2D eigenvalue weighted by molar-refractivity contribution is 5.64. The van der Waals surface area contributed by atoms with Gasteiger partial charge in [0.2, 0.25) is 0 Å². The van der Waals surface area contributed by atoms with Gasteiger partial charge in [0.15, 0.2) is 0 Å². The summed E-state index contributed by atoms with van der Waals surface area (Å²) >= 11 is 0. The van der Waals surface area contributed by atoms with Crippen molar-refractivity contribution in [2.45, 2.75) is 12.2 Å². The number of hydrogen-bond donors (Lipinski definition) is 4. The van der Waals surface area contributed by atoms with Crippen LogP contribution >= 0.6 is 0 Å². The third-order valence-electron chi connectivity index (χ3n) is 3.23. The second kappa shape index (κ2) is 6.52. The summed E-state index contributed by atoms with van der Waals surface area (Å²) < 4.78 is 0. The normalized spacial score (nSPS) is 13.9. The number of nitrogens with one attached hydrogen (secondary N) is 1. The Morgan fingerprint density at radius 2 is 1.40 bits per heavy atom. The van der Waals surface area contributed by atoms with Crippen LogP contribution in [0.5, 0.6) is 5.75 Å². The second-order valence-corrected chi connectivity index (χ2v) is 4.74. The van der Waals surface area contributed by atoms with Gasteiger partial charge in [0.05, 0.1) is 6.10 Å². The molecule has 0 saturated carbocycles. The number of aliphatic hydroxyl groups is 2. The molecule has 0 aliphatic rings. The van der Waals surface area contributed by atoms with Crippen molar-refractivity contribution >= 4 is 0 Å². The van der Waals surface area contributed by atoms with Crippen molar-refractivity contribution < 1.29 is 15.3 Å². The molecule has 0 fully saturated rings. The summed E-state index contributed by atoms with van der Waals surface area (Å²) in [5, 5.41) is 31.8. The molecule has 2 aromatic rings. The van der Waals surface area contributed by atoms with Crippen LogP contribution in [0.4, 0.5) is 0 Å². The summed E-state index contributed by atoms with van der Waals surface area (Å²) in [5.74, 6) is 0.232. The van der Waals surface area contributed by atoms with E-state index in [4.69, 9.17) is 0 Å². The van der Waals surface area contributed by atoms with Crippen LogP contribution in [0.25, 0.3) is 11.1 Å². The number of rotatable bonds is 5. The Hall–Kier alpha value is -1.88. The number of benzene rings is 2. The van der Waals surface area contributed by atoms with Crippen molar-refractivity contribution in [1.29, 1.82) is 0 Å². The summed E-state index contributed by atoms with van der Waals surface area (Å²) in [6.45, 7) is 0.334. The molecule has 0 aliphatic carbocycles. The van der Waals surface area contributed by atoms with Crippen molar-refractivity contribution in [3.05, 3.63) is 54.1 Å². The van der Waals surface area contributed by atoms with Crippen LogP contribution in [0.2, 0.25) is 0 Å². The van der Waals surface area contributed by atoms with Crippen LogP contribution in [-0.4, -0.2) is 35.0 Å². The molecule has 2 unspecified atom stereocenters. The van der Waals surface area contributed by atoms with Crippen LogP contribution in [0.3, 0.4) is 0 Å². The van der Waals surface area contributed by atoms with Crippen LogP contribution in [0.1, 0.15) is 11.7 Å². The van der Waals surface area contributed by atoms with E-state index in [-0.39, 0.29) is 5.75 Å². The SMILES string of the molecule is CNCC(O)C(O)c1ccc(-c2ccc(O)cc2)cc1. The maximum atomic E-state index is 9.99. The quantitative estimate of drug-likeness (QED) is 0.669. The fraction of sp³-hybridized carbons (Fsp3) is 0.250. The van der Waals surface area contributed by atoms with Gasteiger partial charge in [-0.3, -0.25) is 0 Å². The zero-order valence-electron chi connectivity index (χ0n) is 11.3. The zero-order chi connectivity index (χ0) is 14.5. The largest absolute Gasteiger partial charge is 0.508 e. The van der Waals surface area contributed by atoms with Crippen LogP contribution in [0, 0.1) is 0 Å². The van der Waals surface area contributed by atoms with E-state index >= 15 is 0 Å². The van der Waals surface area contributed by atoms with Crippen LogP contribution < -0.4 is 5.32 Å². The van der Waals surface area contributed by atoms with Crippen LogP contribution in [-0.2, 0) is 0 Å². The zero-order valence-corrected chi connectivity index (χ0v) is 11.3. The van der Waals surface area contributed by atoms with E-state index < -0.39 is 12.2 Å². The summed E-state index contributed by atoms with van der Waals surface area (Å²) in [4.78, 5) is 0. The first-order chi connectivity index (χ1) is 9.61. The summed E-state index contributed by atoms with van der Waals surface area (Å²) in [7, 11) is 1.73. The van der Waals surface area contributed by atoms with E-state index in [1.54, 1.807) is 31.3 Å². The van der Waals surface area contributed by atoms with E-state index in [0.29, 0.717) is 12.1 Å². The molecular weight excluding hydrogens is 254 g/mol. The minimum atomic E-state index is -0.906. The van der Waals surface area contributed by atoms with Gasteiger partial charge in [0, 0.05) is 6.54 Å². The number of likely N-dealkylation sites (N-methyl/N-ethyl adjacent to an activating group) is 1. The Balaban J connectivity index is 2.15. The number of phenols is 1. The molecule has 2 atom stereocenters. The van der Waals surface area contributed by atoms with Crippen molar-refractivity contribution in [2.24, 2.45) is 0 Å². The fourth-order valence-corrected chi connectivity index (χ4v) is 2.07. The van der Waals surface area contributed by atoms with Gasteiger partial charge in [0.1, 0.15) is 11.9 Å². The van der Waals surface area contributed by atoms with Crippen molar-refractivity contribution in [3.63, 3.8) is 0 Å². The lowest BCUT2D eigenvalue weighted by molar-refractivity contribution is 0.0202. The van der Waals surface area contributed by atoms with Gasteiger partial charge in [-0.1, -0.05) is 36.4 Å². The van der Waals surface area contributed by atoms with Crippen molar-refractivity contribution in [3.8, 4) is 16.9 Å². The van der Waals surface area contributed by atoms with Gasteiger partial charge in [-0.2, -0.15) is 0 Å². The maximum Gasteiger partial charge on any atom is 0.115 e. The van der Waals surface area contributed by atoms with E-state index in [0.717, 1.165) is 11.1 Å². The average Bonchev–Trinajstić information content (AvgIpc) is 2.48.